The van der Waals surface area contributed by atoms with Crippen LogP contribution in [0.25, 0.3) is 5.69 Å². The van der Waals surface area contributed by atoms with Crippen LogP contribution < -0.4 is 10.1 Å². The van der Waals surface area contributed by atoms with Gasteiger partial charge in [0.15, 0.2) is 5.16 Å². The summed E-state index contributed by atoms with van der Waals surface area (Å²) in [6.45, 7) is 3.84. The van der Waals surface area contributed by atoms with Crippen molar-refractivity contribution in [1.82, 2.24) is 14.8 Å². The molecular weight excluding hydrogens is 394 g/mol. The van der Waals surface area contributed by atoms with Crippen LogP contribution in [0.5, 0.6) is 5.75 Å². The number of nitrogens with zero attached hydrogens (tertiary/aromatic N) is 4. The van der Waals surface area contributed by atoms with Crippen LogP contribution in [0.4, 0.5) is 11.4 Å². The van der Waals surface area contributed by atoms with E-state index in [2.05, 4.69) is 15.5 Å². The maximum absolute atomic E-state index is 12.4. The van der Waals surface area contributed by atoms with Gasteiger partial charge in [-0.05, 0) is 32.0 Å². The van der Waals surface area contributed by atoms with Crippen LogP contribution in [0.2, 0.25) is 0 Å². The molecule has 0 fully saturated rings. The van der Waals surface area contributed by atoms with Crippen LogP contribution in [-0.4, -0.2) is 38.5 Å². The Morgan fingerprint density at radius 2 is 1.93 bits per heavy atom. The fourth-order valence-electron chi connectivity index (χ4n) is 2.65. The Morgan fingerprint density at radius 1 is 1.21 bits per heavy atom. The second kappa shape index (κ2) is 8.74. The molecule has 1 aromatic heterocycles. The number of nitro benzene ring substituents is 1. The second-order valence-corrected chi connectivity index (χ2v) is 7.12. The third kappa shape index (κ3) is 4.72. The first kappa shape index (κ1) is 20.3. The summed E-state index contributed by atoms with van der Waals surface area (Å²) in [4.78, 5) is 22.9. The fraction of sp³-hybridized carbons (Fsp3) is 0.211. The van der Waals surface area contributed by atoms with E-state index in [0.717, 1.165) is 11.3 Å². The quantitative estimate of drug-likeness (QED) is 0.358. The summed E-state index contributed by atoms with van der Waals surface area (Å²) in [6.07, 6.45) is 0. The highest BCUT2D eigenvalue weighted by atomic mass is 32.2. The topological polar surface area (TPSA) is 112 Å². The summed E-state index contributed by atoms with van der Waals surface area (Å²) >= 11 is 1.22. The number of thioether (sulfide) groups is 1. The number of carbonyl (C=O) groups excluding carboxylic acids is 1. The lowest BCUT2D eigenvalue weighted by atomic mass is 10.2. The molecule has 0 unspecified atom stereocenters. The number of aromatic nitrogens is 3. The molecule has 1 amide bonds. The zero-order valence-corrected chi connectivity index (χ0v) is 16.9. The Labute approximate surface area is 171 Å². The van der Waals surface area contributed by atoms with Gasteiger partial charge in [-0.15, -0.1) is 10.2 Å². The molecule has 2 aromatic carbocycles. The van der Waals surface area contributed by atoms with Crippen molar-refractivity contribution in [3.63, 3.8) is 0 Å². The molecule has 0 saturated heterocycles. The highest BCUT2D eigenvalue weighted by Crippen LogP contribution is 2.29. The summed E-state index contributed by atoms with van der Waals surface area (Å²) in [7, 11) is 1.43. The first-order valence-electron chi connectivity index (χ1n) is 8.63. The van der Waals surface area contributed by atoms with Crippen LogP contribution in [0.15, 0.2) is 47.6 Å². The third-order valence-electron chi connectivity index (χ3n) is 4.09. The number of hydrogen-bond acceptors (Lipinski definition) is 7. The standard InChI is InChI=1S/C19H19N5O4S/c1-12-4-6-14(7-5-12)23-13(2)21-22-19(23)29-11-18(25)20-16-10-15(24(26)27)8-9-17(16)28-3/h4-10H,11H2,1-3H3,(H,20,25). The molecule has 1 heterocycles. The van der Waals surface area contributed by atoms with Gasteiger partial charge in [0.2, 0.25) is 5.91 Å². The van der Waals surface area contributed by atoms with Gasteiger partial charge in [0.25, 0.3) is 5.69 Å². The number of aryl methyl sites for hydroxylation is 2. The predicted octanol–water partition coefficient (Wildman–Crippen LogP) is 3.53. The molecule has 1 N–H and O–H groups in total. The van der Waals surface area contributed by atoms with Gasteiger partial charge in [0, 0.05) is 17.8 Å². The minimum Gasteiger partial charge on any atom is -0.495 e. The van der Waals surface area contributed by atoms with Crippen molar-refractivity contribution in [2.75, 3.05) is 18.2 Å². The molecule has 3 aromatic rings. The van der Waals surface area contributed by atoms with Gasteiger partial charge in [-0.25, -0.2) is 0 Å². The molecule has 0 saturated carbocycles. The van der Waals surface area contributed by atoms with Crippen molar-refractivity contribution in [2.24, 2.45) is 0 Å². The van der Waals surface area contributed by atoms with Gasteiger partial charge < -0.3 is 10.1 Å². The predicted molar refractivity (Wildman–Crippen MR) is 110 cm³/mol. The van der Waals surface area contributed by atoms with Crippen molar-refractivity contribution in [2.45, 2.75) is 19.0 Å². The zero-order chi connectivity index (χ0) is 21.0. The normalized spacial score (nSPS) is 10.6. The van der Waals surface area contributed by atoms with Crippen LogP contribution in [0.1, 0.15) is 11.4 Å². The second-order valence-electron chi connectivity index (χ2n) is 6.18. The molecule has 0 spiro atoms. The maximum Gasteiger partial charge on any atom is 0.271 e. The number of rotatable bonds is 7. The molecule has 0 atom stereocenters. The van der Waals surface area contributed by atoms with E-state index in [1.807, 2.05) is 42.7 Å². The van der Waals surface area contributed by atoms with Gasteiger partial charge in [0.1, 0.15) is 11.6 Å². The Bertz CT molecular complexity index is 1050. The molecule has 0 aliphatic heterocycles. The summed E-state index contributed by atoms with van der Waals surface area (Å²) in [6, 6.07) is 11.9. The first-order chi connectivity index (χ1) is 13.9. The number of ether oxygens (including phenoxy) is 1. The molecule has 10 heteroatoms. The lowest BCUT2D eigenvalue weighted by Gasteiger charge is -2.11. The van der Waals surface area contributed by atoms with Crippen LogP contribution >= 0.6 is 11.8 Å². The Morgan fingerprint density at radius 3 is 2.59 bits per heavy atom. The van der Waals surface area contributed by atoms with Crippen LogP contribution in [0.3, 0.4) is 0 Å². The number of nitrogens with one attached hydrogen (secondary N) is 1. The molecule has 9 nitrogen and oxygen atoms in total. The molecule has 0 radical (unpaired) electrons. The monoisotopic (exact) mass is 413 g/mol. The Kier molecular flexibility index (Phi) is 6.13. The number of nitro groups is 1. The lowest BCUT2D eigenvalue weighted by Crippen LogP contribution is -2.15. The lowest BCUT2D eigenvalue weighted by molar-refractivity contribution is -0.384. The summed E-state index contributed by atoms with van der Waals surface area (Å²) < 4.78 is 7.03. The largest absolute Gasteiger partial charge is 0.495 e. The Balaban J connectivity index is 1.73. The van der Waals surface area contributed by atoms with Gasteiger partial charge >= 0.3 is 0 Å². The summed E-state index contributed by atoms with van der Waals surface area (Å²) in [5.41, 5.74) is 2.15. The van der Waals surface area contributed by atoms with Gasteiger partial charge in [-0.1, -0.05) is 29.5 Å². The first-order valence-corrected chi connectivity index (χ1v) is 9.61. The third-order valence-corrected chi connectivity index (χ3v) is 5.02. The highest BCUT2D eigenvalue weighted by Gasteiger charge is 2.16. The molecule has 3 rings (SSSR count). The fourth-order valence-corrected chi connectivity index (χ4v) is 3.45. The average molecular weight is 413 g/mol. The minimum atomic E-state index is -0.531. The zero-order valence-electron chi connectivity index (χ0n) is 16.1. The van der Waals surface area contributed by atoms with Gasteiger partial charge in [-0.3, -0.25) is 19.5 Å². The molecule has 0 aliphatic rings. The number of amides is 1. The van der Waals surface area contributed by atoms with Crippen LogP contribution in [-0.2, 0) is 4.79 Å². The van der Waals surface area contributed by atoms with E-state index in [-0.39, 0.29) is 23.0 Å². The number of carbonyl (C=O) groups is 1. The van der Waals surface area contributed by atoms with Gasteiger partial charge in [0.05, 0.1) is 23.5 Å². The highest BCUT2D eigenvalue weighted by molar-refractivity contribution is 7.99. The maximum atomic E-state index is 12.4. The van der Waals surface area contributed by atoms with E-state index in [4.69, 9.17) is 4.74 Å². The van der Waals surface area contributed by atoms with Crippen molar-refractivity contribution in [1.29, 1.82) is 0 Å². The van der Waals surface area contributed by atoms with E-state index in [0.29, 0.717) is 16.7 Å². The van der Waals surface area contributed by atoms with Crippen molar-refractivity contribution < 1.29 is 14.5 Å². The van der Waals surface area contributed by atoms with E-state index in [1.54, 1.807) is 0 Å². The van der Waals surface area contributed by atoms with Crippen molar-refractivity contribution >= 4 is 29.0 Å². The minimum absolute atomic E-state index is 0.0514. The van der Waals surface area contributed by atoms with Crippen LogP contribution in [0, 0.1) is 24.0 Å². The number of hydrogen-bond donors (Lipinski definition) is 1. The smallest absolute Gasteiger partial charge is 0.271 e. The van der Waals surface area contributed by atoms with Crippen molar-refractivity contribution in [3.05, 3.63) is 64.0 Å². The van der Waals surface area contributed by atoms with E-state index in [1.165, 1.54) is 37.1 Å². The number of methoxy groups -OCH3 is 1. The van der Waals surface area contributed by atoms with E-state index in [9.17, 15) is 14.9 Å². The van der Waals surface area contributed by atoms with E-state index < -0.39 is 4.92 Å². The molecule has 0 bridgehead atoms. The number of anilines is 1. The molecule has 150 valence electrons. The van der Waals surface area contributed by atoms with Crippen molar-refractivity contribution in [3.8, 4) is 11.4 Å². The molecule has 0 aliphatic carbocycles. The summed E-state index contributed by atoms with van der Waals surface area (Å²) in [5, 5.41) is 22.5. The SMILES string of the molecule is COc1ccc([N+](=O)[O-])cc1NC(=O)CSc1nnc(C)n1-c1ccc(C)cc1. The molecular formula is C19H19N5O4S. The summed E-state index contributed by atoms with van der Waals surface area (Å²) in [5.74, 6) is 0.755. The van der Waals surface area contributed by atoms with E-state index >= 15 is 0 Å². The van der Waals surface area contributed by atoms with Gasteiger partial charge in [-0.2, -0.15) is 0 Å². The Hall–Kier alpha value is -3.40. The number of benzene rings is 2. The molecule has 29 heavy (non-hydrogen) atoms. The average Bonchev–Trinajstić information content (AvgIpc) is 3.07. The number of non-ortho nitro benzene ring substituents is 1.